The Morgan fingerprint density at radius 2 is 1.85 bits per heavy atom. The summed E-state index contributed by atoms with van der Waals surface area (Å²) >= 11 is 5.01. The summed E-state index contributed by atoms with van der Waals surface area (Å²) < 4.78 is 11.9. The van der Waals surface area contributed by atoms with Crippen molar-refractivity contribution < 1.29 is 14.1 Å². The van der Waals surface area contributed by atoms with Crippen molar-refractivity contribution in [3.05, 3.63) is 76.5 Å². The zero-order valence-corrected chi connectivity index (χ0v) is 16.5. The van der Waals surface area contributed by atoms with E-state index in [-0.39, 0.29) is 11.8 Å². The molecule has 3 aromatic rings. The molecule has 5 nitrogen and oxygen atoms in total. The summed E-state index contributed by atoms with van der Waals surface area (Å²) in [6, 6.07) is 19.1. The second kappa shape index (κ2) is 8.02. The van der Waals surface area contributed by atoms with Gasteiger partial charge in [0.05, 0.1) is 11.5 Å². The molecule has 1 N–H and O–H groups in total. The van der Waals surface area contributed by atoms with Gasteiger partial charge < -0.3 is 9.26 Å². The lowest BCUT2D eigenvalue weighted by molar-refractivity contribution is -0.116. The molecular formula is C20H15BrN2O3S. The summed E-state index contributed by atoms with van der Waals surface area (Å²) in [5.41, 5.74) is 2.51. The SMILES string of the molecule is O=C(Nc1cc(-c2ccc(Br)cc2)no1)C1=C(c2ccccc2)SCCO1. The van der Waals surface area contributed by atoms with Crippen LogP contribution < -0.4 is 5.32 Å². The largest absolute Gasteiger partial charge is 0.486 e. The molecule has 0 unspecified atom stereocenters. The number of nitrogens with one attached hydrogen (secondary N) is 1. The van der Waals surface area contributed by atoms with Gasteiger partial charge in [0.2, 0.25) is 5.88 Å². The van der Waals surface area contributed by atoms with E-state index < -0.39 is 0 Å². The topological polar surface area (TPSA) is 64.4 Å². The van der Waals surface area contributed by atoms with Crippen LogP contribution in [0.4, 0.5) is 5.88 Å². The number of carbonyl (C=O) groups excluding carboxylic acids is 1. The van der Waals surface area contributed by atoms with E-state index in [1.54, 1.807) is 17.8 Å². The van der Waals surface area contributed by atoms with Gasteiger partial charge in [-0.3, -0.25) is 10.1 Å². The summed E-state index contributed by atoms with van der Waals surface area (Å²) in [5.74, 6) is 1.03. The number of hydrogen-bond acceptors (Lipinski definition) is 5. The molecule has 1 aliphatic rings. The van der Waals surface area contributed by atoms with Crippen molar-refractivity contribution in [3.8, 4) is 11.3 Å². The van der Waals surface area contributed by atoms with E-state index in [9.17, 15) is 4.79 Å². The van der Waals surface area contributed by atoms with Crippen molar-refractivity contribution in [2.75, 3.05) is 17.7 Å². The van der Waals surface area contributed by atoms with E-state index in [0.717, 1.165) is 26.3 Å². The molecule has 4 rings (SSSR count). The third-order valence-electron chi connectivity index (χ3n) is 3.91. The van der Waals surface area contributed by atoms with Gasteiger partial charge in [-0.15, -0.1) is 11.8 Å². The molecule has 7 heteroatoms. The molecule has 136 valence electrons. The van der Waals surface area contributed by atoms with Crippen LogP contribution in [-0.4, -0.2) is 23.4 Å². The highest BCUT2D eigenvalue weighted by molar-refractivity contribution is 9.10. The first kappa shape index (κ1) is 17.9. The second-order valence-corrected chi connectivity index (χ2v) is 7.78. The highest BCUT2D eigenvalue weighted by Crippen LogP contribution is 2.35. The minimum absolute atomic E-state index is 0.275. The Morgan fingerprint density at radius 3 is 2.63 bits per heavy atom. The summed E-state index contributed by atoms with van der Waals surface area (Å²) in [5, 5.41) is 6.76. The van der Waals surface area contributed by atoms with Crippen LogP contribution in [0.1, 0.15) is 5.56 Å². The molecule has 27 heavy (non-hydrogen) atoms. The fourth-order valence-electron chi connectivity index (χ4n) is 2.65. The quantitative estimate of drug-likeness (QED) is 0.603. The van der Waals surface area contributed by atoms with Crippen molar-refractivity contribution >= 4 is 44.4 Å². The lowest BCUT2D eigenvalue weighted by Gasteiger charge is -2.20. The summed E-state index contributed by atoms with van der Waals surface area (Å²) in [7, 11) is 0. The van der Waals surface area contributed by atoms with Gasteiger partial charge in [0, 0.05) is 21.9 Å². The summed E-state index contributed by atoms with van der Waals surface area (Å²) in [4.78, 5) is 13.6. The number of rotatable bonds is 4. The lowest BCUT2D eigenvalue weighted by atomic mass is 10.1. The maximum atomic E-state index is 12.7. The third kappa shape index (κ3) is 4.09. The van der Waals surface area contributed by atoms with Gasteiger partial charge in [-0.05, 0) is 17.7 Å². The third-order valence-corrected chi connectivity index (χ3v) is 5.52. The molecule has 0 fully saturated rings. The van der Waals surface area contributed by atoms with Crippen LogP contribution in [0.15, 0.2) is 75.4 Å². The van der Waals surface area contributed by atoms with Crippen molar-refractivity contribution in [1.29, 1.82) is 0 Å². The standard InChI is InChI=1S/C20H15BrN2O3S/c21-15-8-6-13(7-9-15)16-12-17(26-23-16)22-20(24)18-19(27-11-10-25-18)14-4-2-1-3-5-14/h1-9,12H,10-11H2,(H,22,24). The van der Waals surface area contributed by atoms with Crippen LogP contribution in [0.5, 0.6) is 0 Å². The lowest BCUT2D eigenvalue weighted by Crippen LogP contribution is -2.20. The average Bonchev–Trinajstić information content (AvgIpc) is 3.17. The molecule has 1 aromatic heterocycles. The first-order valence-electron chi connectivity index (χ1n) is 8.30. The Bertz CT molecular complexity index is 984. The fourth-order valence-corrected chi connectivity index (χ4v) is 3.87. The Morgan fingerprint density at radius 1 is 1.07 bits per heavy atom. The van der Waals surface area contributed by atoms with Crippen LogP contribution in [0.2, 0.25) is 0 Å². The van der Waals surface area contributed by atoms with Gasteiger partial charge in [0.1, 0.15) is 5.69 Å². The Labute approximate surface area is 168 Å². The molecule has 0 atom stereocenters. The number of thioether (sulfide) groups is 1. The summed E-state index contributed by atoms with van der Waals surface area (Å²) in [6.07, 6.45) is 0. The molecule has 0 saturated heterocycles. The Balaban J connectivity index is 1.56. The molecule has 0 radical (unpaired) electrons. The predicted octanol–water partition coefficient (Wildman–Crippen LogP) is 5.17. The fraction of sp³-hybridized carbons (Fsp3) is 0.100. The first-order valence-corrected chi connectivity index (χ1v) is 10.1. The van der Waals surface area contributed by atoms with E-state index >= 15 is 0 Å². The van der Waals surface area contributed by atoms with Gasteiger partial charge in [-0.2, -0.15) is 0 Å². The van der Waals surface area contributed by atoms with Crippen LogP contribution in [0, 0.1) is 0 Å². The number of halogens is 1. The zero-order valence-electron chi connectivity index (χ0n) is 14.1. The number of ether oxygens (including phenoxy) is 1. The molecule has 1 aliphatic heterocycles. The molecule has 1 amide bonds. The number of benzene rings is 2. The van der Waals surface area contributed by atoms with Crippen LogP contribution >= 0.6 is 27.7 Å². The number of anilines is 1. The van der Waals surface area contributed by atoms with Gasteiger partial charge in [0.25, 0.3) is 5.91 Å². The molecule has 2 heterocycles. The smallest absolute Gasteiger partial charge is 0.294 e. The van der Waals surface area contributed by atoms with Crippen molar-refractivity contribution in [1.82, 2.24) is 5.16 Å². The van der Waals surface area contributed by atoms with Crippen molar-refractivity contribution in [3.63, 3.8) is 0 Å². The molecule has 0 saturated carbocycles. The zero-order chi connectivity index (χ0) is 18.6. The van der Waals surface area contributed by atoms with E-state index in [4.69, 9.17) is 9.26 Å². The second-order valence-electron chi connectivity index (χ2n) is 5.76. The molecule has 0 spiro atoms. The number of nitrogens with zero attached hydrogens (tertiary/aromatic N) is 1. The molecule has 0 bridgehead atoms. The van der Waals surface area contributed by atoms with E-state index in [2.05, 4.69) is 26.4 Å². The Kier molecular flexibility index (Phi) is 5.31. The van der Waals surface area contributed by atoms with Crippen LogP contribution in [0.3, 0.4) is 0 Å². The van der Waals surface area contributed by atoms with Gasteiger partial charge in [-0.1, -0.05) is 63.6 Å². The highest BCUT2D eigenvalue weighted by Gasteiger charge is 2.24. The maximum Gasteiger partial charge on any atom is 0.294 e. The Hall–Kier alpha value is -2.51. The van der Waals surface area contributed by atoms with Gasteiger partial charge in [-0.25, -0.2) is 0 Å². The van der Waals surface area contributed by atoms with Gasteiger partial charge >= 0.3 is 0 Å². The number of aromatic nitrogens is 1. The number of amides is 1. The molecule has 2 aromatic carbocycles. The van der Waals surface area contributed by atoms with Gasteiger partial charge in [0.15, 0.2) is 5.76 Å². The summed E-state index contributed by atoms with van der Waals surface area (Å²) in [6.45, 7) is 0.490. The van der Waals surface area contributed by atoms with E-state index in [1.165, 1.54) is 0 Å². The highest BCUT2D eigenvalue weighted by atomic mass is 79.9. The number of hydrogen-bond donors (Lipinski definition) is 1. The minimum atomic E-state index is -0.348. The first-order chi connectivity index (χ1) is 13.2. The normalized spacial score (nSPS) is 14.0. The van der Waals surface area contributed by atoms with E-state index in [0.29, 0.717) is 18.1 Å². The van der Waals surface area contributed by atoms with Crippen molar-refractivity contribution in [2.45, 2.75) is 0 Å². The predicted molar refractivity (Wildman–Crippen MR) is 110 cm³/mol. The molecular weight excluding hydrogens is 428 g/mol. The van der Waals surface area contributed by atoms with Crippen LogP contribution in [0.25, 0.3) is 16.2 Å². The number of carbonyl (C=O) groups is 1. The van der Waals surface area contributed by atoms with Crippen LogP contribution in [-0.2, 0) is 9.53 Å². The monoisotopic (exact) mass is 442 g/mol. The minimum Gasteiger partial charge on any atom is -0.486 e. The van der Waals surface area contributed by atoms with E-state index in [1.807, 2.05) is 54.6 Å². The average molecular weight is 443 g/mol. The molecule has 0 aliphatic carbocycles. The maximum absolute atomic E-state index is 12.7. The van der Waals surface area contributed by atoms with Crippen molar-refractivity contribution in [2.24, 2.45) is 0 Å².